The zero-order valence-corrected chi connectivity index (χ0v) is 8.81. The molecular formula is C10H22N2O. The van der Waals surface area contributed by atoms with Gasteiger partial charge in [-0.2, -0.15) is 0 Å². The van der Waals surface area contributed by atoms with Crippen molar-refractivity contribution in [3.8, 4) is 0 Å². The van der Waals surface area contributed by atoms with Gasteiger partial charge in [0.15, 0.2) is 0 Å². The van der Waals surface area contributed by atoms with E-state index in [1.165, 1.54) is 6.42 Å². The molecule has 0 spiro atoms. The Morgan fingerprint density at radius 2 is 2.08 bits per heavy atom. The van der Waals surface area contributed by atoms with Gasteiger partial charge in [-0.3, -0.25) is 0 Å². The van der Waals surface area contributed by atoms with Crippen LogP contribution in [0.25, 0.3) is 0 Å². The lowest BCUT2D eigenvalue weighted by Crippen LogP contribution is -2.34. The first-order chi connectivity index (χ1) is 6.34. The molecule has 0 aromatic heterocycles. The number of nitrogens with one attached hydrogen (secondary N) is 2. The summed E-state index contributed by atoms with van der Waals surface area (Å²) < 4.78 is 5.59. The molecule has 2 unspecified atom stereocenters. The van der Waals surface area contributed by atoms with Crippen molar-refractivity contribution in [2.45, 2.75) is 26.4 Å². The first kappa shape index (κ1) is 11.0. The second kappa shape index (κ2) is 6.35. The molecule has 2 atom stereocenters. The highest BCUT2D eigenvalue weighted by molar-refractivity contribution is 4.74. The number of likely N-dealkylation sites (N-methyl/N-ethyl adjacent to an activating group) is 1. The lowest BCUT2D eigenvalue weighted by molar-refractivity contribution is 0.0936. The van der Waals surface area contributed by atoms with E-state index >= 15 is 0 Å². The van der Waals surface area contributed by atoms with Crippen molar-refractivity contribution in [1.82, 2.24) is 10.6 Å². The average molecular weight is 186 g/mol. The summed E-state index contributed by atoms with van der Waals surface area (Å²) in [7, 11) is 0. The minimum absolute atomic E-state index is 0.446. The number of ether oxygens (including phenoxy) is 1. The molecule has 0 aromatic carbocycles. The topological polar surface area (TPSA) is 33.3 Å². The maximum Gasteiger partial charge on any atom is 0.0725 e. The summed E-state index contributed by atoms with van der Waals surface area (Å²) in [6, 6.07) is 0. The zero-order chi connectivity index (χ0) is 9.52. The number of rotatable bonds is 6. The third kappa shape index (κ3) is 4.07. The minimum atomic E-state index is 0.446. The molecule has 2 N–H and O–H groups in total. The summed E-state index contributed by atoms with van der Waals surface area (Å²) in [5.74, 6) is 0.728. The first-order valence-corrected chi connectivity index (χ1v) is 5.37. The summed E-state index contributed by atoms with van der Waals surface area (Å²) in [5.41, 5.74) is 0. The Labute approximate surface area is 81.2 Å². The largest absolute Gasteiger partial charge is 0.377 e. The maximum absolute atomic E-state index is 5.59. The van der Waals surface area contributed by atoms with Gasteiger partial charge in [-0.15, -0.1) is 0 Å². The minimum Gasteiger partial charge on any atom is -0.377 e. The zero-order valence-electron chi connectivity index (χ0n) is 8.81. The van der Waals surface area contributed by atoms with Crippen molar-refractivity contribution >= 4 is 0 Å². The van der Waals surface area contributed by atoms with Gasteiger partial charge in [-0.05, 0) is 18.9 Å². The molecule has 0 saturated carbocycles. The molecule has 1 aliphatic heterocycles. The Kier molecular flexibility index (Phi) is 5.35. The summed E-state index contributed by atoms with van der Waals surface area (Å²) in [4.78, 5) is 0. The Balaban J connectivity index is 1.93. The van der Waals surface area contributed by atoms with Gasteiger partial charge in [0.2, 0.25) is 0 Å². The highest BCUT2D eigenvalue weighted by Crippen LogP contribution is 2.18. The Morgan fingerprint density at radius 1 is 1.31 bits per heavy atom. The van der Waals surface area contributed by atoms with Gasteiger partial charge in [0.1, 0.15) is 0 Å². The molecule has 1 rings (SSSR count). The van der Waals surface area contributed by atoms with E-state index in [1.54, 1.807) is 0 Å². The van der Waals surface area contributed by atoms with Crippen LogP contribution in [0.15, 0.2) is 0 Å². The molecule has 0 aromatic rings. The van der Waals surface area contributed by atoms with E-state index in [0.29, 0.717) is 6.10 Å². The SMILES string of the molecule is CCNCCNCC1OCCC1C. The highest BCUT2D eigenvalue weighted by atomic mass is 16.5. The second-order valence-corrected chi connectivity index (χ2v) is 3.73. The smallest absolute Gasteiger partial charge is 0.0725 e. The molecule has 1 saturated heterocycles. The molecule has 3 nitrogen and oxygen atoms in total. The van der Waals surface area contributed by atoms with E-state index in [-0.39, 0.29) is 0 Å². The Hall–Kier alpha value is -0.120. The van der Waals surface area contributed by atoms with Crippen molar-refractivity contribution in [3.63, 3.8) is 0 Å². The quantitative estimate of drug-likeness (QED) is 0.596. The van der Waals surface area contributed by atoms with Crippen molar-refractivity contribution in [2.24, 2.45) is 5.92 Å². The fraction of sp³-hybridized carbons (Fsp3) is 1.00. The van der Waals surface area contributed by atoms with Gasteiger partial charge in [0.05, 0.1) is 6.10 Å². The van der Waals surface area contributed by atoms with Crippen LogP contribution in [0, 0.1) is 5.92 Å². The van der Waals surface area contributed by atoms with E-state index in [2.05, 4.69) is 24.5 Å². The third-order valence-electron chi connectivity index (χ3n) is 2.61. The molecule has 3 heteroatoms. The first-order valence-electron chi connectivity index (χ1n) is 5.37. The molecule has 1 aliphatic rings. The maximum atomic E-state index is 5.59. The van der Waals surface area contributed by atoms with Crippen molar-refractivity contribution in [3.05, 3.63) is 0 Å². The van der Waals surface area contributed by atoms with Gasteiger partial charge in [0, 0.05) is 26.2 Å². The van der Waals surface area contributed by atoms with Crippen LogP contribution in [0.5, 0.6) is 0 Å². The fourth-order valence-electron chi connectivity index (χ4n) is 1.61. The lowest BCUT2D eigenvalue weighted by Gasteiger charge is -2.15. The summed E-state index contributed by atoms with van der Waals surface area (Å²) >= 11 is 0. The van der Waals surface area contributed by atoms with Crippen LogP contribution in [0.2, 0.25) is 0 Å². The van der Waals surface area contributed by atoms with Crippen LogP contribution in [-0.2, 0) is 4.74 Å². The van der Waals surface area contributed by atoms with Gasteiger partial charge >= 0.3 is 0 Å². The monoisotopic (exact) mass is 186 g/mol. The molecular weight excluding hydrogens is 164 g/mol. The van der Waals surface area contributed by atoms with Gasteiger partial charge in [0.25, 0.3) is 0 Å². The van der Waals surface area contributed by atoms with E-state index in [0.717, 1.165) is 38.7 Å². The van der Waals surface area contributed by atoms with E-state index < -0.39 is 0 Å². The van der Waals surface area contributed by atoms with Crippen LogP contribution < -0.4 is 10.6 Å². The Bertz CT molecular complexity index is 130. The van der Waals surface area contributed by atoms with E-state index in [1.807, 2.05) is 0 Å². The Morgan fingerprint density at radius 3 is 2.69 bits per heavy atom. The summed E-state index contributed by atoms with van der Waals surface area (Å²) in [5, 5.41) is 6.69. The van der Waals surface area contributed by atoms with Crippen molar-refractivity contribution < 1.29 is 4.74 Å². The van der Waals surface area contributed by atoms with Crippen LogP contribution in [0.3, 0.4) is 0 Å². The molecule has 0 amide bonds. The molecule has 78 valence electrons. The summed E-state index contributed by atoms with van der Waals surface area (Å²) in [6.07, 6.45) is 1.67. The van der Waals surface area contributed by atoms with E-state index in [9.17, 15) is 0 Å². The molecule has 0 aliphatic carbocycles. The van der Waals surface area contributed by atoms with Gasteiger partial charge in [-0.1, -0.05) is 13.8 Å². The molecule has 1 fully saturated rings. The number of hydrogen-bond donors (Lipinski definition) is 2. The molecule has 13 heavy (non-hydrogen) atoms. The van der Waals surface area contributed by atoms with Crippen molar-refractivity contribution in [1.29, 1.82) is 0 Å². The molecule has 1 heterocycles. The third-order valence-corrected chi connectivity index (χ3v) is 2.61. The van der Waals surface area contributed by atoms with E-state index in [4.69, 9.17) is 4.74 Å². The van der Waals surface area contributed by atoms with Crippen LogP contribution in [-0.4, -0.2) is 38.9 Å². The average Bonchev–Trinajstić information content (AvgIpc) is 2.52. The van der Waals surface area contributed by atoms with Gasteiger partial charge < -0.3 is 15.4 Å². The normalized spacial score (nSPS) is 28.2. The standard InChI is InChI=1S/C10H22N2O/c1-3-11-5-6-12-8-10-9(2)4-7-13-10/h9-12H,3-8H2,1-2H3. The van der Waals surface area contributed by atoms with Crippen LogP contribution in [0.4, 0.5) is 0 Å². The lowest BCUT2D eigenvalue weighted by atomic mass is 10.0. The summed E-state index contributed by atoms with van der Waals surface area (Å²) in [6.45, 7) is 9.50. The molecule has 0 bridgehead atoms. The highest BCUT2D eigenvalue weighted by Gasteiger charge is 2.23. The molecule has 0 radical (unpaired) electrons. The fourth-order valence-corrected chi connectivity index (χ4v) is 1.61. The second-order valence-electron chi connectivity index (χ2n) is 3.73. The van der Waals surface area contributed by atoms with Crippen molar-refractivity contribution in [2.75, 3.05) is 32.8 Å². The predicted molar refractivity (Wildman–Crippen MR) is 54.9 cm³/mol. The van der Waals surface area contributed by atoms with Crippen LogP contribution in [0.1, 0.15) is 20.3 Å². The predicted octanol–water partition coefficient (Wildman–Crippen LogP) is 0.611. The van der Waals surface area contributed by atoms with Crippen LogP contribution >= 0.6 is 0 Å². The number of hydrogen-bond acceptors (Lipinski definition) is 3. The van der Waals surface area contributed by atoms with Gasteiger partial charge in [-0.25, -0.2) is 0 Å².